The van der Waals surface area contributed by atoms with Gasteiger partial charge < -0.3 is 9.42 Å². The van der Waals surface area contributed by atoms with Crippen molar-refractivity contribution in [3.63, 3.8) is 0 Å². The molecule has 1 atom stereocenters. The average Bonchev–Trinajstić information content (AvgIpc) is 2.85. The van der Waals surface area contributed by atoms with Gasteiger partial charge in [-0.2, -0.15) is 0 Å². The second-order valence-electron chi connectivity index (χ2n) is 6.18. The Morgan fingerprint density at radius 2 is 2.04 bits per heavy atom. The highest BCUT2D eigenvalue weighted by atomic mass is 16.5. The number of carbonyl (C=O) groups is 1. The lowest BCUT2D eigenvalue weighted by molar-refractivity contribution is -0.132. The minimum Gasteiger partial charge on any atom is -0.361 e. The summed E-state index contributed by atoms with van der Waals surface area (Å²) in [6, 6.07) is 1.90. The molecule has 0 radical (unpaired) electrons. The van der Waals surface area contributed by atoms with E-state index in [0.29, 0.717) is 0 Å². The Morgan fingerprint density at radius 1 is 1.26 bits per heavy atom. The molecule has 0 saturated carbocycles. The van der Waals surface area contributed by atoms with E-state index in [2.05, 4.69) is 10.1 Å². The fourth-order valence-corrected chi connectivity index (χ4v) is 3.29. The molecule has 0 aromatic carbocycles. The predicted octanol–water partition coefficient (Wildman–Crippen LogP) is 3.13. The minimum absolute atomic E-state index is 0.0413. The SMILES string of the molecule is CC(=O)N1CCCCC1c1nc(C)cc(-c2c(C)noc2C)n1. The van der Waals surface area contributed by atoms with Gasteiger partial charge in [0.1, 0.15) is 5.76 Å². The zero-order valence-corrected chi connectivity index (χ0v) is 14.1. The van der Waals surface area contributed by atoms with E-state index < -0.39 is 0 Å². The molecule has 23 heavy (non-hydrogen) atoms. The molecular formula is C17H22N4O2. The number of likely N-dealkylation sites (tertiary alicyclic amines) is 1. The van der Waals surface area contributed by atoms with Crippen molar-refractivity contribution < 1.29 is 9.32 Å². The monoisotopic (exact) mass is 314 g/mol. The number of aromatic nitrogens is 3. The molecule has 2 aromatic rings. The maximum absolute atomic E-state index is 11.9. The van der Waals surface area contributed by atoms with Gasteiger partial charge in [0, 0.05) is 19.2 Å². The number of hydrogen-bond donors (Lipinski definition) is 0. The number of aryl methyl sites for hydroxylation is 3. The maximum Gasteiger partial charge on any atom is 0.220 e. The lowest BCUT2D eigenvalue weighted by Crippen LogP contribution is -2.37. The van der Waals surface area contributed by atoms with Crippen LogP contribution >= 0.6 is 0 Å². The summed E-state index contributed by atoms with van der Waals surface area (Å²) in [6.07, 6.45) is 3.04. The van der Waals surface area contributed by atoms with Crippen LogP contribution in [0.1, 0.15) is 55.2 Å². The first-order chi connectivity index (χ1) is 11.0. The summed E-state index contributed by atoms with van der Waals surface area (Å²) in [5, 5.41) is 4.01. The van der Waals surface area contributed by atoms with Gasteiger partial charge in [0.05, 0.1) is 23.0 Å². The van der Waals surface area contributed by atoms with Crippen molar-refractivity contribution >= 4 is 5.91 Å². The van der Waals surface area contributed by atoms with Gasteiger partial charge in [-0.25, -0.2) is 9.97 Å². The molecule has 1 aliphatic rings. The van der Waals surface area contributed by atoms with Crippen molar-refractivity contribution in [1.82, 2.24) is 20.0 Å². The largest absolute Gasteiger partial charge is 0.361 e. The molecule has 3 rings (SSSR count). The van der Waals surface area contributed by atoms with E-state index in [1.165, 1.54) is 0 Å². The number of hydrogen-bond acceptors (Lipinski definition) is 5. The number of amides is 1. The molecule has 6 heteroatoms. The zero-order valence-electron chi connectivity index (χ0n) is 14.1. The molecule has 1 unspecified atom stereocenters. The third-order valence-electron chi connectivity index (χ3n) is 4.37. The van der Waals surface area contributed by atoms with E-state index in [-0.39, 0.29) is 11.9 Å². The van der Waals surface area contributed by atoms with Crippen LogP contribution in [-0.2, 0) is 4.79 Å². The van der Waals surface area contributed by atoms with Gasteiger partial charge in [0.15, 0.2) is 5.82 Å². The average molecular weight is 314 g/mol. The van der Waals surface area contributed by atoms with Crippen molar-refractivity contribution in [2.45, 2.75) is 53.0 Å². The van der Waals surface area contributed by atoms with Gasteiger partial charge in [-0.1, -0.05) is 5.16 Å². The van der Waals surface area contributed by atoms with Gasteiger partial charge in [0.2, 0.25) is 5.91 Å². The number of nitrogens with zero attached hydrogens (tertiary/aromatic N) is 4. The lowest BCUT2D eigenvalue weighted by atomic mass is 10.0. The normalized spacial score (nSPS) is 18.3. The number of rotatable bonds is 2. The lowest BCUT2D eigenvalue weighted by Gasteiger charge is -2.34. The first-order valence-corrected chi connectivity index (χ1v) is 8.03. The fourth-order valence-electron chi connectivity index (χ4n) is 3.29. The summed E-state index contributed by atoms with van der Waals surface area (Å²) < 4.78 is 5.26. The van der Waals surface area contributed by atoms with Crippen LogP contribution in [0.25, 0.3) is 11.3 Å². The van der Waals surface area contributed by atoms with Gasteiger partial charge in [-0.05, 0) is 46.1 Å². The van der Waals surface area contributed by atoms with Crippen molar-refractivity contribution in [2.75, 3.05) is 6.54 Å². The quantitative estimate of drug-likeness (QED) is 0.851. The van der Waals surface area contributed by atoms with Crippen molar-refractivity contribution in [2.24, 2.45) is 0 Å². The summed E-state index contributed by atoms with van der Waals surface area (Å²) >= 11 is 0. The summed E-state index contributed by atoms with van der Waals surface area (Å²) in [7, 11) is 0. The van der Waals surface area contributed by atoms with Crippen molar-refractivity contribution in [3.05, 3.63) is 29.0 Å². The molecule has 1 amide bonds. The molecule has 3 heterocycles. The smallest absolute Gasteiger partial charge is 0.220 e. The highest BCUT2D eigenvalue weighted by Gasteiger charge is 2.29. The zero-order chi connectivity index (χ0) is 16.6. The molecule has 0 bridgehead atoms. The van der Waals surface area contributed by atoms with E-state index in [4.69, 9.17) is 9.51 Å². The second kappa shape index (κ2) is 6.10. The molecule has 1 fully saturated rings. The second-order valence-corrected chi connectivity index (χ2v) is 6.18. The molecule has 0 aliphatic carbocycles. The van der Waals surface area contributed by atoms with Crippen LogP contribution in [0.4, 0.5) is 0 Å². The first kappa shape index (κ1) is 15.6. The summed E-state index contributed by atoms with van der Waals surface area (Å²) in [5.41, 5.74) is 3.44. The Morgan fingerprint density at radius 3 is 2.70 bits per heavy atom. The molecule has 1 saturated heterocycles. The van der Waals surface area contributed by atoms with Crippen molar-refractivity contribution in [3.8, 4) is 11.3 Å². The Hall–Kier alpha value is -2.24. The predicted molar refractivity (Wildman–Crippen MR) is 85.7 cm³/mol. The molecule has 6 nitrogen and oxygen atoms in total. The Kier molecular flexibility index (Phi) is 4.15. The molecule has 2 aromatic heterocycles. The Labute approximate surface area is 135 Å². The van der Waals surface area contributed by atoms with E-state index >= 15 is 0 Å². The third kappa shape index (κ3) is 2.98. The fraction of sp³-hybridized carbons (Fsp3) is 0.529. The molecule has 1 aliphatic heterocycles. The summed E-state index contributed by atoms with van der Waals surface area (Å²) in [5.74, 6) is 1.55. The number of carbonyl (C=O) groups excluding carboxylic acids is 1. The highest BCUT2D eigenvalue weighted by molar-refractivity contribution is 5.74. The topological polar surface area (TPSA) is 72.1 Å². The van der Waals surface area contributed by atoms with Crippen LogP contribution < -0.4 is 0 Å². The van der Waals surface area contributed by atoms with E-state index in [1.807, 2.05) is 31.7 Å². The molecule has 0 N–H and O–H groups in total. The van der Waals surface area contributed by atoms with Crippen LogP contribution in [0.5, 0.6) is 0 Å². The molecular weight excluding hydrogens is 292 g/mol. The van der Waals surface area contributed by atoms with Crippen LogP contribution in [0.2, 0.25) is 0 Å². The summed E-state index contributed by atoms with van der Waals surface area (Å²) in [4.78, 5) is 23.2. The van der Waals surface area contributed by atoms with Crippen molar-refractivity contribution in [1.29, 1.82) is 0 Å². The maximum atomic E-state index is 11.9. The van der Waals surface area contributed by atoms with Gasteiger partial charge in [-0.15, -0.1) is 0 Å². The van der Waals surface area contributed by atoms with Gasteiger partial charge >= 0.3 is 0 Å². The van der Waals surface area contributed by atoms with E-state index in [1.54, 1.807) is 6.92 Å². The molecule has 122 valence electrons. The third-order valence-corrected chi connectivity index (χ3v) is 4.37. The van der Waals surface area contributed by atoms with Crippen LogP contribution in [0.3, 0.4) is 0 Å². The van der Waals surface area contributed by atoms with Crippen LogP contribution in [0, 0.1) is 20.8 Å². The number of piperidine rings is 1. The standard InChI is InChI=1S/C17H22N4O2/c1-10-9-14(16-11(2)20-23-12(16)3)19-17(18-10)15-7-5-6-8-21(15)13(4)22/h9,15H,5-8H2,1-4H3. The Bertz CT molecular complexity index is 719. The molecule has 0 spiro atoms. The summed E-state index contributed by atoms with van der Waals surface area (Å²) in [6.45, 7) is 8.13. The van der Waals surface area contributed by atoms with Crippen LogP contribution in [0.15, 0.2) is 10.6 Å². The van der Waals surface area contributed by atoms with Gasteiger partial charge in [0.25, 0.3) is 0 Å². The van der Waals surface area contributed by atoms with Gasteiger partial charge in [-0.3, -0.25) is 4.79 Å². The minimum atomic E-state index is -0.0413. The first-order valence-electron chi connectivity index (χ1n) is 8.03. The van der Waals surface area contributed by atoms with E-state index in [0.717, 1.165) is 60.0 Å². The van der Waals surface area contributed by atoms with E-state index in [9.17, 15) is 4.79 Å². The Balaban J connectivity index is 2.05. The highest BCUT2D eigenvalue weighted by Crippen LogP contribution is 2.32. The van der Waals surface area contributed by atoms with Crippen LogP contribution in [-0.4, -0.2) is 32.5 Å².